The fourth-order valence-corrected chi connectivity index (χ4v) is 11.3. The molecule has 5 saturated carbocycles. The maximum atomic E-state index is 4.00. The van der Waals surface area contributed by atoms with Gasteiger partial charge in [0.1, 0.15) is 0 Å². The van der Waals surface area contributed by atoms with Crippen LogP contribution in [0.3, 0.4) is 0 Å². The van der Waals surface area contributed by atoms with Gasteiger partial charge in [-0.25, -0.2) is 0 Å². The van der Waals surface area contributed by atoms with E-state index in [1.54, 1.807) is 0 Å². The van der Waals surface area contributed by atoms with Crippen molar-refractivity contribution < 1.29 is 0 Å². The van der Waals surface area contributed by atoms with Gasteiger partial charge in [-0.2, -0.15) is 0 Å². The third kappa shape index (κ3) is 3.00. The molecule has 0 heterocycles. The highest BCUT2D eigenvalue weighted by molar-refractivity contribution is 5.20. The van der Waals surface area contributed by atoms with Crippen LogP contribution in [0.25, 0.3) is 0 Å². The quantitative estimate of drug-likeness (QED) is 0.357. The maximum absolute atomic E-state index is 4.00. The molecule has 0 aliphatic heterocycles. The lowest BCUT2D eigenvalue weighted by molar-refractivity contribution is -0.236. The second-order valence-corrected chi connectivity index (χ2v) is 14.0. The lowest BCUT2D eigenvalue weighted by Gasteiger charge is -2.72. The molecule has 0 aromatic carbocycles. The summed E-state index contributed by atoms with van der Waals surface area (Å²) < 4.78 is 0. The number of rotatable bonds is 1. The van der Waals surface area contributed by atoms with Gasteiger partial charge in [0.25, 0.3) is 0 Å². The van der Waals surface area contributed by atoms with Crippen LogP contribution in [0.15, 0.2) is 18.4 Å². The molecule has 0 saturated heterocycles. The van der Waals surface area contributed by atoms with Gasteiger partial charge >= 0.3 is 0 Å². The third-order valence-corrected chi connectivity index (χ3v) is 13.4. The van der Waals surface area contributed by atoms with Gasteiger partial charge < -0.3 is 0 Å². The minimum Gasteiger partial charge on any atom is -0.132 e. The van der Waals surface area contributed by atoms with Gasteiger partial charge in [0, 0.05) is 0 Å². The Labute approximate surface area is 201 Å². The van der Waals surface area contributed by atoms with Crippen molar-refractivity contribution in [3.63, 3.8) is 0 Å². The number of hydrogen-bond donors (Lipinski definition) is 0. The molecule has 5 rings (SSSR count). The molecule has 0 aromatic heterocycles. The van der Waals surface area contributed by atoms with E-state index in [0.29, 0.717) is 27.1 Å². The van der Waals surface area contributed by atoms with Crippen LogP contribution in [0.5, 0.6) is 0 Å². The van der Waals surface area contributed by atoms with Gasteiger partial charge in [0.05, 0.1) is 0 Å². The minimum atomic E-state index is 0.443. The first-order chi connectivity index (χ1) is 15.1. The molecule has 4 unspecified atom stereocenters. The Morgan fingerprint density at radius 1 is 0.719 bits per heavy atom. The highest BCUT2D eigenvalue weighted by Gasteiger charge is 2.69. The Kier molecular flexibility index (Phi) is 6.19. The fraction of sp³-hybridized carbons (Fsp3) is 0.906. The maximum Gasteiger partial charge on any atom is -0.00114 e. The Morgan fingerprint density at radius 2 is 1.44 bits per heavy atom. The zero-order valence-corrected chi connectivity index (χ0v) is 22.9. The van der Waals surface area contributed by atoms with Crippen molar-refractivity contribution in [1.29, 1.82) is 0 Å². The van der Waals surface area contributed by atoms with E-state index >= 15 is 0 Å². The Balaban J connectivity index is 0.00000119. The molecule has 0 amide bonds. The summed E-state index contributed by atoms with van der Waals surface area (Å²) in [5, 5.41) is 0. The summed E-state index contributed by atoms with van der Waals surface area (Å²) in [6, 6.07) is 0. The molecule has 0 bridgehead atoms. The van der Waals surface area contributed by atoms with Crippen molar-refractivity contribution >= 4 is 0 Å². The predicted molar refractivity (Wildman–Crippen MR) is 140 cm³/mol. The van der Waals surface area contributed by atoms with Crippen LogP contribution in [-0.4, -0.2) is 0 Å². The minimum absolute atomic E-state index is 0.443. The molecule has 0 nitrogen and oxygen atoms in total. The van der Waals surface area contributed by atoms with Crippen molar-refractivity contribution in [3.05, 3.63) is 18.4 Å². The van der Waals surface area contributed by atoms with Crippen molar-refractivity contribution in [2.24, 2.45) is 56.7 Å². The van der Waals surface area contributed by atoms with Gasteiger partial charge in [-0.1, -0.05) is 68.4 Å². The van der Waals surface area contributed by atoms with E-state index < -0.39 is 0 Å². The number of fused-ring (bicyclic) bond motifs is 7. The van der Waals surface area contributed by atoms with Crippen LogP contribution >= 0.6 is 0 Å². The molecule has 5 aliphatic carbocycles. The smallest absolute Gasteiger partial charge is 0.00114 e. The lowest BCUT2D eigenvalue weighted by atomic mass is 9.32. The fourth-order valence-electron chi connectivity index (χ4n) is 11.3. The van der Waals surface area contributed by atoms with E-state index in [-0.39, 0.29) is 0 Å². The molecule has 0 spiro atoms. The molecule has 182 valence electrons. The van der Waals surface area contributed by atoms with Crippen LogP contribution in [-0.2, 0) is 0 Å². The topological polar surface area (TPSA) is 0 Å². The van der Waals surface area contributed by atoms with Gasteiger partial charge in [0.2, 0.25) is 0 Å². The average molecular weight is 439 g/mol. The summed E-state index contributed by atoms with van der Waals surface area (Å²) >= 11 is 0. The zero-order chi connectivity index (χ0) is 23.6. The van der Waals surface area contributed by atoms with Gasteiger partial charge in [-0.15, -0.1) is 5.73 Å². The second kappa shape index (κ2) is 8.04. The van der Waals surface area contributed by atoms with Crippen molar-refractivity contribution in [2.75, 3.05) is 0 Å². The first kappa shape index (κ1) is 24.6. The Hall–Kier alpha value is -0.480. The second-order valence-electron chi connectivity index (χ2n) is 14.0. The normalized spacial score (nSPS) is 53.3. The van der Waals surface area contributed by atoms with E-state index in [2.05, 4.69) is 59.9 Å². The monoisotopic (exact) mass is 438 g/mol. The van der Waals surface area contributed by atoms with E-state index in [1.165, 1.54) is 70.6 Å². The van der Waals surface area contributed by atoms with Gasteiger partial charge in [-0.05, 0) is 127 Å². The molecule has 5 fully saturated rings. The van der Waals surface area contributed by atoms with Crippen LogP contribution in [0.4, 0.5) is 0 Å². The van der Waals surface area contributed by atoms with E-state index in [4.69, 9.17) is 0 Å². The summed E-state index contributed by atoms with van der Waals surface area (Å²) in [7, 11) is 0. The first-order valence-corrected chi connectivity index (χ1v) is 14.4. The predicted octanol–water partition coefficient (Wildman–Crippen LogP) is 9.85. The van der Waals surface area contributed by atoms with E-state index in [9.17, 15) is 0 Å². The highest BCUT2D eigenvalue weighted by Crippen LogP contribution is 2.77. The number of allylic oxidation sites excluding steroid dienone is 1. The van der Waals surface area contributed by atoms with Crippen LogP contribution in [0, 0.1) is 56.7 Å². The zero-order valence-electron chi connectivity index (χ0n) is 22.9. The van der Waals surface area contributed by atoms with E-state index in [0.717, 1.165) is 29.6 Å². The molecular weight excluding hydrogens is 384 g/mol. The highest BCUT2D eigenvalue weighted by atomic mass is 14.7. The molecule has 32 heavy (non-hydrogen) atoms. The molecule has 0 N–H and O–H groups in total. The molecule has 5 aliphatic rings. The van der Waals surface area contributed by atoms with Gasteiger partial charge in [-0.3, -0.25) is 0 Å². The molecule has 0 radical (unpaired) electrons. The first-order valence-electron chi connectivity index (χ1n) is 14.4. The van der Waals surface area contributed by atoms with E-state index in [1.807, 2.05) is 13.8 Å². The lowest BCUT2D eigenvalue weighted by Crippen LogP contribution is -2.65. The summed E-state index contributed by atoms with van der Waals surface area (Å²) in [6.07, 6.45) is 18.5. The van der Waals surface area contributed by atoms with Crippen LogP contribution in [0.2, 0.25) is 0 Å². The molecule has 9 atom stereocenters. The third-order valence-electron chi connectivity index (χ3n) is 13.4. The van der Waals surface area contributed by atoms with Crippen molar-refractivity contribution in [1.82, 2.24) is 0 Å². The largest absolute Gasteiger partial charge is 0.132 e. The van der Waals surface area contributed by atoms with Crippen LogP contribution < -0.4 is 0 Å². The van der Waals surface area contributed by atoms with Crippen molar-refractivity contribution in [2.45, 2.75) is 126 Å². The van der Waals surface area contributed by atoms with Crippen LogP contribution in [0.1, 0.15) is 126 Å². The molecule has 0 heteroatoms. The number of hydrogen-bond acceptors (Lipinski definition) is 0. The molecule has 0 aromatic rings. The Morgan fingerprint density at radius 3 is 2.12 bits per heavy atom. The SMILES string of the molecule is C=C=C[C@]12CCCC1C1CCC3[C@@]4(C)CC[C@H](C)C(C)(C)C4CC[C@@]3(C)[C@]1(C)CC2.CC. The standard InChI is InChI=1S/C30H48.C2H6/c1-8-15-30-16-9-10-23(30)22-11-12-25-27(5)17-13-21(2)26(3,4)24(27)14-18-29(25,7)28(22,6)19-20-30;1-2/h15,21-25H,1,9-14,16-20H2,2-7H3;1-2H3/t21-,22?,23?,24?,25?,27-,28+,29+,30+;/m0./s1. The summed E-state index contributed by atoms with van der Waals surface area (Å²) in [6.45, 7) is 24.1. The summed E-state index contributed by atoms with van der Waals surface area (Å²) in [5.41, 5.74) is 5.83. The Bertz CT molecular complexity index is 754. The average Bonchev–Trinajstić information content (AvgIpc) is 3.17. The van der Waals surface area contributed by atoms with Gasteiger partial charge in [0.15, 0.2) is 0 Å². The summed E-state index contributed by atoms with van der Waals surface area (Å²) in [4.78, 5) is 0. The summed E-state index contributed by atoms with van der Waals surface area (Å²) in [5.74, 6) is 4.56. The molecular formula is C32H54. The van der Waals surface area contributed by atoms with Crippen molar-refractivity contribution in [3.8, 4) is 0 Å².